The first kappa shape index (κ1) is 16.4. The average molecular weight is 280 g/mol. The zero-order valence-electron chi connectivity index (χ0n) is 12.5. The number of nitrogens with zero attached hydrogens (tertiary/aromatic N) is 2. The largest absolute Gasteiger partial charge is 0.379 e. The van der Waals surface area contributed by atoms with Crippen molar-refractivity contribution in [2.24, 2.45) is 5.92 Å². The van der Waals surface area contributed by atoms with Gasteiger partial charge in [0, 0.05) is 19.7 Å². The van der Waals surface area contributed by atoms with Crippen molar-refractivity contribution in [2.75, 3.05) is 31.6 Å². The van der Waals surface area contributed by atoms with Crippen LogP contribution < -0.4 is 10.6 Å². The quantitative estimate of drug-likeness (QED) is 0.673. The molecule has 0 aliphatic heterocycles. The second kappa shape index (κ2) is 9.25. The van der Waals surface area contributed by atoms with E-state index in [1.165, 1.54) is 6.20 Å². The monoisotopic (exact) mass is 280 g/mol. The summed E-state index contributed by atoms with van der Waals surface area (Å²) in [5.74, 6) is 0.955. The molecule has 6 heteroatoms. The van der Waals surface area contributed by atoms with Gasteiger partial charge in [0.2, 0.25) is 0 Å². The molecule has 0 aliphatic carbocycles. The van der Waals surface area contributed by atoms with Crippen LogP contribution in [0.2, 0.25) is 0 Å². The van der Waals surface area contributed by atoms with E-state index in [4.69, 9.17) is 4.74 Å². The summed E-state index contributed by atoms with van der Waals surface area (Å²) < 4.78 is 5.38. The molecule has 112 valence electrons. The summed E-state index contributed by atoms with van der Waals surface area (Å²) in [6, 6.07) is 0. The maximum absolute atomic E-state index is 11.8. The Morgan fingerprint density at radius 1 is 1.30 bits per heavy atom. The standard InChI is InChI=1S/C14H24N4O2/c1-4-5-15-13-9-17-12(8-18-13)14(19)16-6-7-20-10-11(2)3/h8-9,11H,4-7,10H2,1-3H3,(H,15,18)(H,16,19). The van der Waals surface area contributed by atoms with Crippen LogP contribution in [0, 0.1) is 5.92 Å². The molecule has 1 aromatic heterocycles. The number of rotatable bonds is 9. The predicted octanol–water partition coefficient (Wildman–Crippen LogP) is 1.70. The first-order valence-corrected chi connectivity index (χ1v) is 7.05. The van der Waals surface area contributed by atoms with Gasteiger partial charge in [-0.15, -0.1) is 0 Å². The van der Waals surface area contributed by atoms with Crippen molar-refractivity contribution in [3.63, 3.8) is 0 Å². The smallest absolute Gasteiger partial charge is 0.271 e. The van der Waals surface area contributed by atoms with Crippen LogP contribution in [-0.4, -0.2) is 42.2 Å². The molecule has 0 saturated heterocycles. The minimum Gasteiger partial charge on any atom is -0.379 e. The Balaban J connectivity index is 2.29. The molecule has 2 N–H and O–H groups in total. The third kappa shape index (κ3) is 6.47. The summed E-state index contributed by atoms with van der Waals surface area (Å²) in [7, 11) is 0. The lowest BCUT2D eigenvalue weighted by Gasteiger charge is -2.08. The summed E-state index contributed by atoms with van der Waals surface area (Å²) in [5.41, 5.74) is 0.316. The Morgan fingerprint density at radius 3 is 2.70 bits per heavy atom. The molecule has 1 aromatic rings. The summed E-state index contributed by atoms with van der Waals surface area (Å²) in [6.45, 7) is 8.77. The van der Waals surface area contributed by atoms with Crippen molar-refractivity contribution < 1.29 is 9.53 Å². The van der Waals surface area contributed by atoms with E-state index in [9.17, 15) is 4.79 Å². The van der Waals surface area contributed by atoms with Crippen LogP contribution in [0.15, 0.2) is 12.4 Å². The molecule has 0 unspecified atom stereocenters. The lowest BCUT2D eigenvalue weighted by atomic mass is 10.2. The van der Waals surface area contributed by atoms with Crippen molar-refractivity contribution in [2.45, 2.75) is 27.2 Å². The van der Waals surface area contributed by atoms with Crippen molar-refractivity contribution in [1.29, 1.82) is 0 Å². The second-order valence-electron chi connectivity index (χ2n) is 4.94. The molecule has 0 saturated carbocycles. The van der Waals surface area contributed by atoms with Crippen LogP contribution >= 0.6 is 0 Å². The van der Waals surface area contributed by atoms with Gasteiger partial charge in [-0.05, 0) is 12.3 Å². The van der Waals surface area contributed by atoms with Crippen molar-refractivity contribution in [3.8, 4) is 0 Å². The van der Waals surface area contributed by atoms with Gasteiger partial charge in [-0.25, -0.2) is 9.97 Å². The van der Waals surface area contributed by atoms with Crippen LogP contribution in [0.5, 0.6) is 0 Å². The Labute approximate surface area is 120 Å². The van der Waals surface area contributed by atoms with Gasteiger partial charge < -0.3 is 15.4 Å². The fraction of sp³-hybridized carbons (Fsp3) is 0.643. The van der Waals surface area contributed by atoms with E-state index >= 15 is 0 Å². The molecule has 0 spiro atoms. The summed E-state index contributed by atoms with van der Waals surface area (Å²) in [6.07, 6.45) is 4.06. The Kier molecular flexibility index (Phi) is 7.57. The third-order valence-corrected chi connectivity index (χ3v) is 2.42. The van der Waals surface area contributed by atoms with E-state index in [0.717, 1.165) is 13.0 Å². The maximum atomic E-state index is 11.8. The minimum atomic E-state index is -0.229. The highest BCUT2D eigenvalue weighted by molar-refractivity contribution is 5.91. The fourth-order valence-corrected chi connectivity index (χ4v) is 1.44. The van der Waals surface area contributed by atoms with Crippen molar-refractivity contribution >= 4 is 11.7 Å². The highest BCUT2D eigenvalue weighted by Crippen LogP contribution is 2.01. The third-order valence-electron chi connectivity index (χ3n) is 2.42. The molecule has 0 bridgehead atoms. The van der Waals surface area contributed by atoms with Crippen LogP contribution in [0.4, 0.5) is 5.82 Å². The van der Waals surface area contributed by atoms with Crippen LogP contribution in [-0.2, 0) is 4.74 Å². The molecule has 0 aromatic carbocycles. The van der Waals surface area contributed by atoms with E-state index in [1.54, 1.807) is 6.20 Å². The van der Waals surface area contributed by atoms with Crippen molar-refractivity contribution in [3.05, 3.63) is 18.1 Å². The van der Waals surface area contributed by atoms with E-state index in [2.05, 4.69) is 41.4 Å². The number of ether oxygens (including phenoxy) is 1. The minimum absolute atomic E-state index is 0.229. The van der Waals surface area contributed by atoms with Gasteiger partial charge in [-0.1, -0.05) is 20.8 Å². The fourth-order valence-electron chi connectivity index (χ4n) is 1.44. The zero-order valence-corrected chi connectivity index (χ0v) is 12.5. The number of aromatic nitrogens is 2. The van der Waals surface area contributed by atoms with Crippen molar-refractivity contribution in [1.82, 2.24) is 15.3 Å². The van der Waals surface area contributed by atoms with Gasteiger partial charge in [0.05, 0.1) is 19.0 Å². The molecule has 0 atom stereocenters. The molecule has 0 aliphatic rings. The molecular weight excluding hydrogens is 256 g/mol. The van der Waals surface area contributed by atoms with Crippen LogP contribution in [0.3, 0.4) is 0 Å². The topological polar surface area (TPSA) is 76.1 Å². The number of hydrogen-bond acceptors (Lipinski definition) is 5. The van der Waals surface area contributed by atoms with E-state index in [-0.39, 0.29) is 5.91 Å². The SMILES string of the molecule is CCCNc1cnc(C(=O)NCCOCC(C)C)cn1. The molecule has 1 amide bonds. The normalized spacial score (nSPS) is 10.6. The highest BCUT2D eigenvalue weighted by Gasteiger charge is 2.07. The highest BCUT2D eigenvalue weighted by atomic mass is 16.5. The lowest BCUT2D eigenvalue weighted by Crippen LogP contribution is -2.28. The van der Waals surface area contributed by atoms with Gasteiger partial charge in [0.15, 0.2) is 0 Å². The Bertz CT molecular complexity index is 393. The van der Waals surface area contributed by atoms with Gasteiger partial charge in [-0.3, -0.25) is 4.79 Å². The predicted molar refractivity (Wildman–Crippen MR) is 78.8 cm³/mol. The summed E-state index contributed by atoms with van der Waals surface area (Å²) >= 11 is 0. The first-order valence-electron chi connectivity index (χ1n) is 7.05. The number of anilines is 1. The molecular formula is C14H24N4O2. The Hall–Kier alpha value is -1.69. The zero-order chi connectivity index (χ0) is 14.8. The molecule has 1 rings (SSSR count). The molecule has 20 heavy (non-hydrogen) atoms. The molecule has 6 nitrogen and oxygen atoms in total. The van der Waals surface area contributed by atoms with Gasteiger partial charge in [-0.2, -0.15) is 0 Å². The molecule has 1 heterocycles. The molecule has 0 radical (unpaired) electrons. The van der Waals surface area contributed by atoms with Crippen LogP contribution in [0.1, 0.15) is 37.7 Å². The summed E-state index contributed by atoms with van der Waals surface area (Å²) in [5, 5.41) is 5.85. The first-order chi connectivity index (χ1) is 9.63. The van der Waals surface area contributed by atoms with Gasteiger partial charge in [0.1, 0.15) is 11.5 Å². The summed E-state index contributed by atoms with van der Waals surface area (Å²) in [4.78, 5) is 20.0. The number of nitrogens with one attached hydrogen (secondary N) is 2. The number of amides is 1. The van der Waals surface area contributed by atoms with Gasteiger partial charge in [0.25, 0.3) is 5.91 Å². The second-order valence-corrected chi connectivity index (χ2v) is 4.94. The maximum Gasteiger partial charge on any atom is 0.271 e. The van der Waals surface area contributed by atoms with E-state index < -0.39 is 0 Å². The van der Waals surface area contributed by atoms with E-state index in [0.29, 0.717) is 37.2 Å². The number of carbonyl (C=O) groups is 1. The number of carbonyl (C=O) groups excluding carboxylic acids is 1. The molecule has 0 fully saturated rings. The van der Waals surface area contributed by atoms with Crippen LogP contribution in [0.25, 0.3) is 0 Å². The van der Waals surface area contributed by atoms with E-state index in [1.807, 2.05) is 0 Å². The Morgan fingerprint density at radius 2 is 2.10 bits per heavy atom. The van der Waals surface area contributed by atoms with Gasteiger partial charge >= 0.3 is 0 Å². The average Bonchev–Trinajstić information content (AvgIpc) is 2.44. The number of hydrogen-bond donors (Lipinski definition) is 2. The lowest BCUT2D eigenvalue weighted by molar-refractivity contribution is 0.0882.